The molecule has 4 heteroatoms. The molecule has 1 aliphatic carbocycles. The molecule has 0 radical (unpaired) electrons. The lowest BCUT2D eigenvalue weighted by Gasteiger charge is -2.35. The fourth-order valence-electron chi connectivity index (χ4n) is 3.00. The Labute approximate surface area is 116 Å². The molecule has 1 aliphatic rings. The summed E-state index contributed by atoms with van der Waals surface area (Å²) in [5, 5.41) is 0. The van der Waals surface area contributed by atoms with Gasteiger partial charge in [0, 0.05) is 25.1 Å². The van der Waals surface area contributed by atoms with E-state index >= 15 is 0 Å². The molecule has 0 aliphatic heterocycles. The summed E-state index contributed by atoms with van der Waals surface area (Å²) in [5.41, 5.74) is 7.03. The quantitative estimate of drug-likeness (QED) is 0.910. The summed E-state index contributed by atoms with van der Waals surface area (Å²) in [7, 11) is 2.15. The summed E-state index contributed by atoms with van der Waals surface area (Å²) < 4.78 is 0. The van der Waals surface area contributed by atoms with Crippen LogP contribution in [0.2, 0.25) is 0 Å². The largest absolute Gasteiger partial charge is 0.383 e. The van der Waals surface area contributed by atoms with E-state index in [1.54, 1.807) is 0 Å². The van der Waals surface area contributed by atoms with Gasteiger partial charge in [0.2, 0.25) is 0 Å². The van der Waals surface area contributed by atoms with Gasteiger partial charge in [-0.15, -0.1) is 0 Å². The molecule has 2 atom stereocenters. The first-order valence-corrected chi connectivity index (χ1v) is 7.38. The SMILES string of the molecule is CCc1nc(N)c(C)c(N(C)C2CCCC(C)C2)n1. The second-order valence-electron chi connectivity index (χ2n) is 5.86. The highest BCUT2D eigenvalue weighted by Gasteiger charge is 2.25. The van der Waals surface area contributed by atoms with Gasteiger partial charge in [-0.05, 0) is 25.7 Å². The molecule has 106 valence electrons. The minimum absolute atomic E-state index is 0.585. The Balaban J connectivity index is 2.27. The van der Waals surface area contributed by atoms with Gasteiger partial charge in [0.15, 0.2) is 0 Å². The van der Waals surface area contributed by atoms with Gasteiger partial charge in [-0.25, -0.2) is 9.97 Å². The van der Waals surface area contributed by atoms with E-state index in [1.807, 2.05) is 6.92 Å². The maximum Gasteiger partial charge on any atom is 0.137 e. The predicted molar refractivity (Wildman–Crippen MR) is 80.4 cm³/mol. The van der Waals surface area contributed by atoms with Gasteiger partial charge in [-0.3, -0.25) is 0 Å². The lowest BCUT2D eigenvalue weighted by Crippen LogP contribution is -2.36. The minimum Gasteiger partial charge on any atom is -0.383 e. The summed E-state index contributed by atoms with van der Waals surface area (Å²) in [6, 6.07) is 0.585. The highest BCUT2D eigenvalue weighted by atomic mass is 15.2. The second-order valence-corrected chi connectivity index (χ2v) is 5.86. The zero-order valence-corrected chi connectivity index (χ0v) is 12.6. The van der Waals surface area contributed by atoms with Crippen LogP contribution in [0.3, 0.4) is 0 Å². The van der Waals surface area contributed by atoms with Crippen LogP contribution in [0.25, 0.3) is 0 Å². The number of anilines is 2. The molecule has 1 fully saturated rings. The van der Waals surface area contributed by atoms with Crippen molar-refractivity contribution in [1.29, 1.82) is 0 Å². The van der Waals surface area contributed by atoms with E-state index in [0.717, 1.165) is 29.5 Å². The zero-order valence-electron chi connectivity index (χ0n) is 12.6. The Kier molecular flexibility index (Phi) is 4.27. The van der Waals surface area contributed by atoms with E-state index in [4.69, 9.17) is 5.73 Å². The van der Waals surface area contributed by atoms with Crippen molar-refractivity contribution in [3.63, 3.8) is 0 Å². The van der Waals surface area contributed by atoms with Crippen molar-refractivity contribution in [3.8, 4) is 0 Å². The Morgan fingerprint density at radius 2 is 2.05 bits per heavy atom. The van der Waals surface area contributed by atoms with E-state index in [2.05, 4.69) is 35.8 Å². The van der Waals surface area contributed by atoms with Crippen LogP contribution in [-0.4, -0.2) is 23.1 Å². The normalized spacial score (nSPS) is 23.4. The Hall–Kier alpha value is -1.32. The molecule has 4 nitrogen and oxygen atoms in total. The molecular formula is C15H26N4. The first-order valence-electron chi connectivity index (χ1n) is 7.38. The Morgan fingerprint density at radius 3 is 2.68 bits per heavy atom. The number of hydrogen-bond acceptors (Lipinski definition) is 4. The van der Waals surface area contributed by atoms with Gasteiger partial charge >= 0.3 is 0 Å². The van der Waals surface area contributed by atoms with Crippen LogP contribution in [0.1, 0.15) is 50.9 Å². The molecule has 0 aromatic carbocycles. The van der Waals surface area contributed by atoms with Crippen molar-refractivity contribution in [2.45, 2.75) is 58.9 Å². The second kappa shape index (κ2) is 5.76. The van der Waals surface area contributed by atoms with Gasteiger partial charge in [-0.1, -0.05) is 26.7 Å². The zero-order chi connectivity index (χ0) is 14.0. The van der Waals surface area contributed by atoms with Gasteiger partial charge in [0.1, 0.15) is 17.5 Å². The maximum atomic E-state index is 6.01. The molecule has 0 saturated heterocycles. The molecule has 1 heterocycles. The monoisotopic (exact) mass is 262 g/mol. The van der Waals surface area contributed by atoms with Gasteiger partial charge in [0.25, 0.3) is 0 Å². The van der Waals surface area contributed by atoms with Crippen LogP contribution in [-0.2, 0) is 6.42 Å². The van der Waals surface area contributed by atoms with Crippen molar-refractivity contribution in [1.82, 2.24) is 9.97 Å². The molecule has 2 unspecified atom stereocenters. The van der Waals surface area contributed by atoms with E-state index < -0.39 is 0 Å². The molecule has 2 N–H and O–H groups in total. The minimum atomic E-state index is 0.585. The molecule has 0 spiro atoms. The summed E-state index contributed by atoms with van der Waals surface area (Å²) in [4.78, 5) is 11.3. The van der Waals surface area contributed by atoms with Crippen molar-refractivity contribution >= 4 is 11.6 Å². The summed E-state index contributed by atoms with van der Waals surface area (Å²) >= 11 is 0. The standard InChI is InChI=1S/C15H26N4/c1-5-13-17-14(16)11(3)15(18-13)19(4)12-8-6-7-10(2)9-12/h10,12H,5-9H2,1-4H3,(H2,16,17,18). The number of rotatable bonds is 3. The van der Waals surface area contributed by atoms with Gasteiger partial charge in [0.05, 0.1) is 0 Å². The Bertz CT molecular complexity index is 444. The molecule has 1 aromatic rings. The summed E-state index contributed by atoms with van der Waals surface area (Å²) in [6.07, 6.45) is 6.01. The fraction of sp³-hybridized carbons (Fsp3) is 0.733. The lowest BCUT2D eigenvalue weighted by molar-refractivity contribution is 0.335. The molecule has 1 aromatic heterocycles. The van der Waals surface area contributed by atoms with E-state index in [1.165, 1.54) is 25.7 Å². The maximum absolute atomic E-state index is 6.01. The first-order chi connectivity index (χ1) is 9.02. The molecule has 2 rings (SSSR count). The third-order valence-electron chi connectivity index (χ3n) is 4.31. The molecule has 0 amide bonds. The molecule has 19 heavy (non-hydrogen) atoms. The van der Waals surface area contributed by atoms with Crippen molar-refractivity contribution < 1.29 is 0 Å². The van der Waals surface area contributed by atoms with Crippen LogP contribution in [0.5, 0.6) is 0 Å². The number of aromatic nitrogens is 2. The third kappa shape index (κ3) is 2.99. The Morgan fingerprint density at radius 1 is 1.32 bits per heavy atom. The van der Waals surface area contributed by atoms with Crippen molar-refractivity contribution in [3.05, 3.63) is 11.4 Å². The first kappa shape index (κ1) is 14.1. The predicted octanol–water partition coefficient (Wildman–Crippen LogP) is 2.94. The smallest absolute Gasteiger partial charge is 0.137 e. The van der Waals surface area contributed by atoms with E-state index in [-0.39, 0.29) is 0 Å². The topological polar surface area (TPSA) is 55.0 Å². The summed E-state index contributed by atoms with van der Waals surface area (Å²) in [5.74, 6) is 3.29. The fourth-order valence-corrected chi connectivity index (χ4v) is 3.00. The average molecular weight is 262 g/mol. The number of nitrogens with two attached hydrogens (primary N) is 1. The molecule has 0 bridgehead atoms. The highest BCUT2D eigenvalue weighted by Crippen LogP contribution is 2.31. The number of aryl methyl sites for hydroxylation is 1. The van der Waals surface area contributed by atoms with Crippen molar-refractivity contribution in [2.24, 2.45) is 5.92 Å². The number of nitrogen functional groups attached to an aromatic ring is 1. The summed E-state index contributed by atoms with van der Waals surface area (Å²) in [6.45, 7) is 6.43. The van der Waals surface area contributed by atoms with Crippen molar-refractivity contribution in [2.75, 3.05) is 17.7 Å². The van der Waals surface area contributed by atoms with E-state index in [0.29, 0.717) is 11.9 Å². The van der Waals surface area contributed by atoms with Crippen LogP contribution >= 0.6 is 0 Å². The molecule has 1 saturated carbocycles. The highest BCUT2D eigenvalue weighted by molar-refractivity contribution is 5.56. The third-order valence-corrected chi connectivity index (χ3v) is 4.31. The average Bonchev–Trinajstić information content (AvgIpc) is 2.41. The van der Waals surface area contributed by atoms with Crippen LogP contribution in [0.4, 0.5) is 11.6 Å². The number of hydrogen-bond donors (Lipinski definition) is 1. The van der Waals surface area contributed by atoms with Gasteiger partial charge < -0.3 is 10.6 Å². The van der Waals surface area contributed by atoms with Crippen LogP contribution in [0, 0.1) is 12.8 Å². The van der Waals surface area contributed by atoms with Crippen LogP contribution < -0.4 is 10.6 Å². The molecular weight excluding hydrogens is 236 g/mol. The van der Waals surface area contributed by atoms with E-state index in [9.17, 15) is 0 Å². The lowest BCUT2D eigenvalue weighted by atomic mass is 9.86. The van der Waals surface area contributed by atoms with Gasteiger partial charge in [-0.2, -0.15) is 0 Å². The van der Waals surface area contributed by atoms with Crippen LogP contribution in [0.15, 0.2) is 0 Å². The number of nitrogens with zero attached hydrogens (tertiary/aromatic N) is 3.